The molecule has 2 aliphatic heterocycles. The van der Waals surface area contributed by atoms with Gasteiger partial charge in [-0.15, -0.1) is 0 Å². The number of morpholine rings is 1. The molecule has 0 aromatic heterocycles. The van der Waals surface area contributed by atoms with E-state index in [-0.39, 0.29) is 17.5 Å². The first kappa shape index (κ1) is 12.4. The van der Waals surface area contributed by atoms with E-state index in [0.717, 1.165) is 26.2 Å². The highest BCUT2D eigenvalue weighted by molar-refractivity contribution is 5.81. The number of nitrogens with two attached hydrogens (primary N) is 1. The molecule has 0 spiro atoms. The van der Waals surface area contributed by atoms with Crippen molar-refractivity contribution in [1.82, 2.24) is 9.80 Å². The number of amides is 1. The molecule has 2 heterocycles. The second kappa shape index (κ2) is 4.47. The third kappa shape index (κ3) is 2.15. The standard InChI is InChI=1S/C13H23N3O2/c1-10(12(17)15-4-6-18-7-5-15)16-8-13(14,9-16)11-2-3-11/h10-11H,2-9,14H2,1H3. The summed E-state index contributed by atoms with van der Waals surface area (Å²) in [7, 11) is 0. The van der Waals surface area contributed by atoms with E-state index in [1.807, 2.05) is 11.8 Å². The van der Waals surface area contributed by atoms with Crippen LogP contribution in [0.5, 0.6) is 0 Å². The van der Waals surface area contributed by atoms with Crippen molar-refractivity contribution in [1.29, 1.82) is 0 Å². The van der Waals surface area contributed by atoms with E-state index in [1.165, 1.54) is 12.8 Å². The lowest BCUT2D eigenvalue weighted by molar-refractivity contribution is -0.144. The fourth-order valence-electron chi connectivity index (χ4n) is 3.10. The Labute approximate surface area is 108 Å². The topological polar surface area (TPSA) is 58.8 Å². The highest BCUT2D eigenvalue weighted by Gasteiger charge is 2.52. The number of nitrogens with zero attached hydrogens (tertiary/aromatic N) is 2. The van der Waals surface area contributed by atoms with Crippen molar-refractivity contribution in [3.63, 3.8) is 0 Å². The van der Waals surface area contributed by atoms with Gasteiger partial charge >= 0.3 is 0 Å². The van der Waals surface area contributed by atoms with E-state index in [4.69, 9.17) is 10.5 Å². The first-order chi connectivity index (χ1) is 8.60. The molecule has 18 heavy (non-hydrogen) atoms. The quantitative estimate of drug-likeness (QED) is 0.747. The summed E-state index contributed by atoms with van der Waals surface area (Å²) in [6.45, 7) is 6.57. The number of rotatable bonds is 3. The molecular formula is C13H23N3O2. The van der Waals surface area contributed by atoms with Crippen LogP contribution in [-0.4, -0.2) is 66.7 Å². The summed E-state index contributed by atoms with van der Waals surface area (Å²) in [6, 6.07) is -0.0291. The molecule has 1 atom stereocenters. The molecule has 0 bridgehead atoms. The van der Waals surface area contributed by atoms with Gasteiger partial charge in [0.2, 0.25) is 5.91 Å². The fourth-order valence-corrected chi connectivity index (χ4v) is 3.10. The monoisotopic (exact) mass is 253 g/mol. The lowest BCUT2D eigenvalue weighted by Gasteiger charge is -2.51. The second-order valence-electron chi connectivity index (χ2n) is 6.03. The summed E-state index contributed by atoms with van der Waals surface area (Å²) in [5.74, 6) is 0.940. The Bertz CT molecular complexity index is 331. The van der Waals surface area contributed by atoms with Gasteiger partial charge in [-0.3, -0.25) is 9.69 Å². The molecule has 102 valence electrons. The minimum atomic E-state index is -0.0291. The highest BCUT2D eigenvalue weighted by Crippen LogP contribution is 2.43. The molecule has 3 fully saturated rings. The Kier molecular flexibility index (Phi) is 3.08. The Morgan fingerprint density at radius 2 is 1.94 bits per heavy atom. The lowest BCUT2D eigenvalue weighted by atomic mass is 9.84. The minimum Gasteiger partial charge on any atom is -0.378 e. The van der Waals surface area contributed by atoms with Crippen molar-refractivity contribution in [3.05, 3.63) is 0 Å². The summed E-state index contributed by atoms with van der Waals surface area (Å²) in [5.41, 5.74) is 6.33. The van der Waals surface area contributed by atoms with Crippen LogP contribution in [0, 0.1) is 5.92 Å². The number of carbonyl (C=O) groups excluding carboxylic acids is 1. The zero-order chi connectivity index (χ0) is 12.8. The van der Waals surface area contributed by atoms with Crippen molar-refractivity contribution in [3.8, 4) is 0 Å². The van der Waals surface area contributed by atoms with Crippen LogP contribution in [0.25, 0.3) is 0 Å². The van der Waals surface area contributed by atoms with Crippen molar-refractivity contribution >= 4 is 5.91 Å². The molecular weight excluding hydrogens is 230 g/mol. The van der Waals surface area contributed by atoms with Gasteiger partial charge in [0.25, 0.3) is 0 Å². The maximum atomic E-state index is 12.3. The predicted octanol–water partition coefficient (Wildman–Crippen LogP) is -0.343. The molecule has 5 heteroatoms. The average Bonchev–Trinajstić information content (AvgIpc) is 3.19. The summed E-state index contributed by atoms with van der Waals surface area (Å²) in [4.78, 5) is 16.5. The summed E-state index contributed by atoms with van der Waals surface area (Å²) in [5, 5.41) is 0. The van der Waals surface area contributed by atoms with Gasteiger partial charge in [0.15, 0.2) is 0 Å². The van der Waals surface area contributed by atoms with E-state index in [0.29, 0.717) is 19.1 Å². The van der Waals surface area contributed by atoms with E-state index in [9.17, 15) is 4.79 Å². The van der Waals surface area contributed by atoms with Crippen LogP contribution in [-0.2, 0) is 9.53 Å². The number of carbonyl (C=O) groups is 1. The van der Waals surface area contributed by atoms with Gasteiger partial charge in [0, 0.05) is 31.7 Å². The smallest absolute Gasteiger partial charge is 0.239 e. The molecule has 1 unspecified atom stereocenters. The van der Waals surface area contributed by atoms with E-state index in [2.05, 4.69) is 4.90 Å². The first-order valence-corrected chi connectivity index (χ1v) is 7.00. The van der Waals surface area contributed by atoms with Gasteiger partial charge in [-0.1, -0.05) is 0 Å². The molecule has 0 radical (unpaired) electrons. The maximum Gasteiger partial charge on any atom is 0.239 e. The van der Waals surface area contributed by atoms with Crippen molar-refractivity contribution < 1.29 is 9.53 Å². The van der Waals surface area contributed by atoms with Crippen LogP contribution >= 0.6 is 0 Å². The predicted molar refractivity (Wildman–Crippen MR) is 68.1 cm³/mol. The molecule has 0 aromatic carbocycles. The Balaban J connectivity index is 1.52. The zero-order valence-electron chi connectivity index (χ0n) is 11.1. The van der Waals surface area contributed by atoms with E-state index >= 15 is 0 Å². The second-order valence-corrected chi connectivity index (χ2v) is 6.03. The van der Waals surface area contributed by atoms with Gasteiger partial charge in [-0.25, -0.2) is 0 Å². The van der Waals surface area contributed by atoms with Crippen molar-refractivity contribution in [2.24, 2.45) is 11.7 Å². The third-order valence-electron chi connectivity index (χ3n) is 4.61. The van der Waals surface area contributed by atoms with E-state index < -0.39 is 0 Å². The molecule has 3 rings (SSSR count). The van der Waals surface area contributed by atoms with Gasteiger partial charge < -0.3 is 15.4 Å². The number of ether oxygens (including phenoxy) is 1. The number of hydrogen-bond acceptors (Lipinski definition) is 4. The Morgan fingerprint density at radius 1 is 1.33 bits per heavy atom. The normalized spacial score (nSPS) is 29.8. The number of hydrogen-bond donors (Lipinski definition) is 1. The van der Waals surface area contributed by atoms with Crippen LogP contribution in [0.15, 0.2) is 0 Å². The maximum absolute atomic E-state index is 12.3. The Morgan fingerprint density at radius 3 is 2.50 bits per heavy atom. The van der Waals surface area contributed by atoms with Gasteiger partial charge in [0.1, 0.15) is 0 Å². The largest absolute Gasteiger partial charge is 0.378 e. The summed E-state index contributed by atoms with van der Waals surface area (Å²) >= 11 is 0. The third-order valence-corrected chi connectivity index (χ3v) is 4.61. The van der Waals surface area contributed by atoms with Crippen LogP contribution in [0.2, 0.25) is 0 Å². The molecule has 2 N–H and O–H groups in total. The zero-order valence-corrected chi connectivity index (χ0v) is 11.1. The average molecular weight is 253 g/mol. The first-order valence-electron chi connectivity index (χ1n) is 7.00. The fraction of sp³-hybridized carbons (Fsp3) is 0.923. The van der Waals surface area contributed by atoms with Gasteiger partial charge in [0.05, 0.1) is 19.3 Å². The molecule has 5 nitrogen and oxygen atoms in total. The molecule has 2 saturated heterocycles. The van der Waals surface area contributed by atoms with Crippen LogP contribution in [0.1, 0.15) is 19.8 Å². The summed E-state index contributed by atoms with van der Waals surface area (Å²) < 4.78 is 5.28. The molecule has 3 aliphatic rings. The summed E-state index contributed by atoms with van der Waals surface area (Å²) in [6.07, 6.45) is 2.55. The molecule has 0 aromatic rings. The Hall–Kier alpha value is -0.650. The van der Waals surface area contributed by atoms with E-state index in [1.54, 1.807) is 0 Å². The lowest BCUT2D eigenvalue weighted by Crippen LogP contribution is -2.72. The highest BCUT2D eigenvalue weighted by atomic mass is 16.5. The van der Waals surface area contributed by atoms with Crippen molar-refractivity contribution in [2.45, 2.75) is 31.3 Å². The molecule has 1 amide bonds. The minimum absolute atomic E-state index is 0.000447. The van der Waals surface area contributed by atoms with Gasteiger partial charge in [-0.05, 0) is 25.7 Å². The van der Waals surface area contributed by atoms with Gasteiger partial charge in [-0.2, -0.15) is 0 Å². The molecule has 1 aliphatic carbocycles. The van der Waals surface area contributed by atoms with Crippen molar-refractivity contribution in [2.75, 3.05) is 39.4 Å². The van der Waals surface area contributed by atoms with Crippen LogP contribution in [0.4, 0.5) is 0 Å². The number of likely N-dealkylation sites (tertiary alicyclic amines) is 1. The van der Waals surface area contributed by atoms with Crippen LogP contribution < -0.4 is 5.73 Å². The SMILES string of the molecule is CC(C(=O)N1CCOCC1)N1CC(N)(C2CC2)C1. The van der Waals surface area contributed by atoms with Crippen LogP contribution in [0.3, 0.4) is 0 Å². The molecule has 1 saturated carbocycles.